The van der Waals surface area contributed by atoms with Crippen LogP contribution in [-0.4, -0.2) is 60.6 Å². The molecular formula is C23H29FN8OS. The Bertz CT molecular complexity index is 1100. The second-order valence-electron chi connectivity index (χ2n) is 8.40. The number of anilines is 3. The van der Waals surface area contributed by atoms with Crippen molar-refractivity contribution < 1.29 is 9.18 Å². The van der Waals surface area contributed by atoms with Gasteiger partial charge in [0.2, 0.25) is 5.91 Å². The minimum Gasteiger partial charge on any atom is -0.370 e. The summed E-state index contributed by atoms with van der Waals surface area (Å²) in [6.07, 6.45) is 6.33. The lowest BCUT2D eigenvalue weighted by Crippen LogP contribution is -2.51. The lowest BCUT2D eigenvalue weighted by molar-refractivity contribution is -0.119. The highest BCUT2D eigenvalue weighted by atomic mass is 32.1. The second kappa shape index (κ2) is 10.3. The molecule has 4 rings (SSSR count). The van der Waals surface area contributed by atoms with E-state index in [-0.39, 0.29) is 23.8 Å². The number of nitrogens with zero attached hydrogens (tertiary/aromatic N) is 5. The topological polar surface area (TPSA) is 107 Å². The minimum absolute atomic E-state index is 0.0204. The molecule has 1 amide bonds. The lowest BCUT2D eigenvalue weighted by atomic mass is 9.86. The number of aliphatic imine (C=N–C) groups is 2. The van der Waals surface area contributed by atoms with Gasteiger partial charge in [-0.1, -0.05) is 11.3 Å². The molecule has 2 aromatic rings. The smallest absolute Gasteiger partial charge is 0.220 e. The maximum atomic E-state index is 14.6. The van der Waals surface area contributed by atoms with E-state index in [1.54, 1.807) is 7.05 Å². The molecule has 0 aliphatic carbocycles. The molecule has 11 heteroatoms. The van der Waals surface area contributed by atoms with Crippen molar-refractivity contribution in [1.82, 2.24) is 15.3 Å². The van der Waals surface area contributed by atoms with E-state index in [0.29, 0.717) is 27.9 Å². The van der Waals surface area contributed by atoms with Crippen LogP contribution >= 0.6 is 11.3 Å². The Hall–Kier alpha value is -3.34. The zero-order valence-electron chi connectivity index (χ0n) is 19.4. The van der Waals surface area contributed by atoms with Crippen LogP contribution in [0.4, 0.5) is 21.0 Å². The first-order valence-corrected chi connectivity index (χ1v) is 12.0. The molecule has 2 aromatic heterocycles. The monoisotopic (exact) mass is 484 g/mol. The summed E-state index contributed by atoms with van der Waals surface area (Å²) in [7, 11) is 1.77. The maximum absolute atomic E-state index is 14.6. The Labute approximate surface area is 202 Å². The summed E-state index contributed by atoms with van der Waals surface area (Å²) in [5.41, 5.74) is 1.88. The van der Waals surface area contributed by atoms with Crippen LogP contribution in [0.15, 0.2) is 40.3 Å². The van der Waals surface area contributed by atoms with E-state index in [1.807, 2.05) is 25.3 Å². The molecule has 1 spiro atoms. The van der Waals surface area contributed by atoms with Crippen molar-refractivity contribution in [3.8, 4) is 0 Å². The largest absolute Gasteiger partial charge is 0.370 e. The number of pyridine rings is 1. The number of allylic oxidation sites excluding steroid dienone is 1. The molecule has 34 heavy (non-hydrogen) atoms. The third-order valence-corrected chi connectivity index (χ3v) is 7.40. The number of halogens is 1. The molecule has 0 saturated carbocycles. The Balaban J connectivity index is 1.39. The molecule has 0 radical (unpaired) electrons. The first-order chi connectivity index (χ1) is 16.4. The highest BCUT2D eigenvalue weighted by molar-refractivity contribution is 7.17. The minimum atomic E-state index is -0.573. The lowest BCUT2D eigenvalue weighted by Gasteiger charge is -2.40. The molecule has 4 heterocycles. The average Bonchev–Trinajstić information content (AvgIpc) is 3.39. The number of piperidine rings is 1. The number of aromatic nitrogens is 2. The van der Waals surface area contributed by atoms with E-state index in [2.05, 4.69) is 47.5 Å². The molecule has 2 aliphatic heterocycles. The Morgan fingerprint density at radius 3 is 2.76 bits per heavy atom. The van der Waals surface area contributed by atoms with Crippen molar-refractivity contribution in [2.45, 2.75) is 38.1 Å². The van der Waals surface area contributed by atoms with Crippen LogP contribution in [0.2, 0.25) is 0 Å². The number of carbonyl (C=O) groups excluding carboxylic acids is 1. The summed E-state index contributed by atoms with van der Waals surface area (Å²) < 4.78 is 14.6. The van der Waals surface area contributed by atoms with E-state index in [0.717, 1.165) is 44.2 Å². The van der Waals surface area contributed by atoms with E-state index >= 15 is 0 Å². The molecule has 3 N–H and O–H groups in total. The summed E-state index contributed by atoms with van der Waals surface area (Å²) >= 11 is 1.32. The van der Waals surface area contributed by atoms with Crippen molar-refractivity contribution in [2.24, 2.45) is 9.98 Å². The third kappa shape index (κ3) is 5.24. The van der Waals surface area contributed by atoms with Crippen LogP contribution in [-0.2, 0) is 4.79 Å². The zero-order valence-corrected chi connectivity index (χ0v) is 20.2. The number of amides is 1. The maximum Gasteiger partial charge on any atom is 0.220 e. The van der Waals surface area contributed by atoms with Gasteiger partial charge >= 0.3 is 0 Å². The van der Waals surface area contributed by atoms with Gasteiger partial charge in [0.15, 0.2) is 11.0 Å². The van der Waals surface area contributed by atoms with Gasteiger partial charge in [0.1, 0.15) is 18.2 Å². The van der Waals surface area contributed by atoms with E-state index in [9.17, 15) is 9.18 Å². The molecule has 180 valence electrons. The normalized spacial score (nSPS) is 18.2. The predicted octanol–water partition coefficient (Wildman–Crippen LogP) is 3.51. The first kappa shape index (κ1) is 23.8. The Morgan fingerprint density at radius 2 is 2.18 bits per heavy atom. The molecule has 0 bridgehead atoms. The number of aryl methyl sites for hydroxylation is 1. The summed E-state index contributed by atoms with van der Waals surface area (Å²) in [6, 6.07) is 3.90. The molecule has 2 fully saturated rings. The van der Waals surface area contributed by atoms with E-state index in [1.165, 1.54) is 11.3 Å². The fourth-order valence-electron chi connectivity index (χ4n) is 4.34. The highest BCUT2D eigenvalue weighted by Crippen LogP contribution is 2.33. The van der Waals surface area contributed by atoms with Gasteiger partial charge in [-0.15, -0.1) is 0 Å². The van der Waals surface area contributed by atoms with E-state index in [4.69, 9.17) is 0 Å². The van der Waals surface area contributed by atoms with Gasteiger partial charge in [0, 0.05) is 32.1 Å². The van der Waals surface area contributed by atoms with Crippen LogP contribution < -0.4 is 20.9 Å². The van der Waals surface area contributed by atoms with Gasteiger partial charge in [-0.2, -0.15) is 0 Å². The van der Waals surface area contributed by atoms with Crippen molar-refractivity contribution in [3.63, 3.8) is 0 Å². The van der Waals surface area contributed by atoms with Gasteiger partial charge in [-0.05, 0) is 45.0 Å². The first-order valence-electron chi connectivity index (χ1n) is 11.2. The molecule has 0 aromatic carbocycles. The second-order valence-corrected chi connectivity index (χ2v) is 9.40. The van der Waals surface area contributed by atoms with Gasteiger partial charge in [0.25, 0.3) is 0 Å². The summed E-state index contributed by atoms with van der Waals surface area (Å²) in [6.45, 7) is 7.04. The molecule has 0 unspecified atom stereocenters. The number of hydrogen-bond acceptors (Lipinski definition) is 9. The van der Waals surface area contributed by atoms with Gasteiger partial charge in [-0.25, -0.2) is 14.4 Å². The number of hydrogen-bond donors (Lipinski definition) is 3. The van der Waals surface area contributed by atoms with Crippen LogP contribution in [0.3, 0.4) is 0 Å². The number of carbonyl (C=O) groups is 1. The number of rotatable bonds is 8. The van der Waals surface area contributed by atoms with Crippen LogP contribution in [0.1, 0.15) is 36.3 Å². The quantitative estimate of drug-likeness (QED) is 0.495. The van der Waals surface area contributed by atoms with Crippen molar-refractivity contribution in [1.29, 1.82) is 0 Å². The molecule has 9 nitrogen and oxygen atoms in total. The van der Waals surface area contributed by atoms with Crippen LogP contribution in [0.25, 0.3) is 0 Å². The van der Waals surface area contributed by atoms with Crippen molar-refractivity contribution in [2.75, 3.05) is 42.3 Å². The van der Waals surface area contributed by atoms with E-state index < -0.39 is 5.83 Å². The summed E-state index contributed by atoms with van der Waals surface area (Å²) in [4.78, 5) is 31.3. The molecule has 0 atom stereocenters. The number of thiazole rings is 1. The van der Waals surface area contributed by atoms with Crippen molar-refractivity contribution in [3.05, 3.63) is 40.9 Å². The molecule has 2 saturated heterocycles. The Kier molecular flexibility index (Phi) is 7.20. The van der Waals surface area contributed by atoms with Gasteiger partial charge in [-0.3, -0.25) is 14.8 Å². The fraction of sp³-hybridized carbons (Fsp3) is 0.435. The SMILES string of the molecule is C=N/C=C(/F)C(=NCNc1ccc(N2CCC3(CCC(=O)N3)CC2)cn1)c1sc(NC)nc1C. The van der Waals surface area contributed by atoms with Crippen LogP contribution in [0.5, 0.6) is 0 Å². The zero-order chi connectivity index (χ0) is 24.1. The van der Waals surface area contributed by atoms with Crippen molar-refractivity contribution >= 4 is 46.3 Å². The average molecular weight is 485 g/mol. The van der Waals surface area contributed by atoms with Crippen LogP contribution in [0, 0.1) is 6.92 Å². The highest BCUT2D eigenvalue weighted by Gasteiger charge is 2.40. The Morgan fingerprint density at radius 1 is 1.38 bits per heavy atom. The standard InChI is InChI=1S/C23H29FN8OS/c1-15-21(34-22(26-3)30-15)20(17(24)13-25-2)29-14-28-18-5-4-16(12-27-18)32-10-8-23(9-11-32)7-6-19(33)31-23/h4-5,12-13H,2,6-11,14H2,1,3H3,(H,26,30)(H,27,28)(H,31,33)/b17-13+,29-20?. The van der Waals surface area contributed by atoms with Gasteiger partial charge in [0.05, 0.1) is 28.7 Å². The predicted molar refractivity (Wildman–Crippen MR) is 136 cm³/mol. The van der Waals surface area contributed by atoms with Gasteiger partial charge < -0.3 is 20.9 Å². The third-order valence-electron chi connectivity index (χ3n) is 6.22. The molecule has 2 aliphatic rings. The molecular weight excluding hydrogens is 455 g/mol. The fourth-order valence-corrected chi connectivity index (χ4v) is 5.27. The summed E-state index contributed by atoms with van der Waals surface area (Å²) in [5, 5.41) is 9.94. The number of nitrogens with one attached hydrogen (secondary N) is 3. The summed E-state index contributed by atoms with van der Waals surface area (Å²) in [5.74, 6) is 0.239.